The molecule has 0 aromatic heterocycles. The zero-order chi connectivity index (χ0) is 20.6. The topological polar surface area (TPSA) is 37.1 Å². The highest BCUT2D eigenvalue weighted by Crippen LogP contribution is 2.84. The maximum atomic E-state index is 16.0. The van der Waals surface area contributed by atoms with Crippen LogP contribution in [0.25, 0.3) is 0 Å². The van der Waals surface area contributed by atoms with Crippen molar-refractivity contribution >= 4 is 23.3 Å². The largest absolute Gasteiger partial charge is 0.445 e. The summed E-state index contributed by atoms with van der Waals surface area (Å²) in [7, 11) is -16.1. The molecule has 27 heavy (non-hydrogen) atoms. The van der Waals surface area contributed by atoms with E-state index in [4.69, 9.17) is 0 Å². The SMILES string of the molecule is CCCCC[N+](CCCCC)(CCCCC)P1(F)=NP(F)(F)=NP(F)(F)=N1. The number of halogens is 5. The van der Waals surface area contributed by atoms with E-state index in [2.05, 4.69) is 13.5 Å². The monoisotopic (exact) mass is 457 g/mol. The lowest BCUT2D eigenvalue weighted by molar-refractivity contribution is -0.815. The van der Waals surface area contributed by atoms with Crippen LogP contribution in [0.2, 0.25) is 0 Å². The van der Waals surface area contributed by atoms with Crippen LogP contribution in [0.3, 0.4) is 0 Å². The number of unbranched alkanes of at least 4 members (excludes halogenated alkanes) is 6. The molecule has 0 saturated heterocycles. The minimum atomic E-state index is -5.68. The van der Waals surface area contributed by atoms with Crippen molar-refractivity contribution in [2.24, 2.45) is 13.5 Å². The van der Waals surface area contributed by atoms with Crippen LogP contribution >= 0.6 is 23.3 Å². The van der Waals surface area contributed by atoms with E-state index in [9.17, 15) is 16.8 Å². The summed E-state index contributed by atoms with van der Waals surface area (Å²) in [5.41, 5.74) is 0. The Morgan fingerprint density at radius 2 is 0.926 bits per heavy atom. The van der Waals surface area contributed by atoms with Crippen LogP contribution in [0.15, 0.2) is 13.5 Å². The molecule has 0 aromatic carbocycles. The highest BCUT2D eigenvalue weighted by molar-refractivity contribution is 7.77. The maximum Gasteiger partial charge on any atom is 0.445 e. The molecule has 12 heteroatoms. The Balaban J connectivity index is 3.44. The van der Waals surface area contributed by atoms with Crippen molar-refractivity contribution in [1.82, 2.24) is 0 Å². The van der Waals surface area contributed by atoms with E-state index in [1.54, 1.807) is 0 Å². The molecule has 162 valence electrons. The predicted molar refractivity (Wildman–Crippen MR) is 107 cm³/mol. The van der Waals surface area contributed by atoms with Gasteiger partial charge in [0.1, 0.15) is 0 Å². The van der Waals surface area contributed by atoms with Gasteiger partial charge in [-0.3, -0.25) is 4.25 Å². The fourth-order valence-corrected chi connectivity index (χ4v) is 10.5. The lowest BCUT2D eigenvalue weighted by Crippen LogP contribution is -2.45. The van der Waals surface area contributed by atoms with E-state index >= 15 is 4.20 Å². The molecule has 0 bridgehead atoms. The predicted octanol–water partition coefficient (Wildman–Crippen LogP) is 10.1. The average molecular weight is 457 g/mol. The molecule has 4 nitrogen and oxygen atoms in total. The molecule has 1 heterocycles. The van der Waals surface area contributed by atoms with Crippen molar-refractivity contribution in [3.8, 4) is 0 Å². The van der Waals surface area contributed by atoms with Gasteiger partial charge in [-0.1, -0.05) is 40.0 Å². The van der Waals surface area contributed by atoms with E-state index in [1.165, 1.54) is 0 Å². The van der Waals surface area contributed by atoms with Gasteiger partial charge in [-0.25, -0.2) is 0 Å². The van der Waals surface area contributed by atoms with Crippen LogP contribution in [-0.4, -0.2) is 23.9 Å². The second kappa shape index (κ2) is 10.9. The summed E-state index contributed by atoms with van der Waals surface area (Å²) in [5, 5.41) is 0. The third-order valence-corrected chi connectivity index (χ3v) is 11.7. The molecule has 0 aliphatic carbocycles. The molecule has 0 saturated carbocycles. The average Bonchev–Trinajstić information content (AvgIpc) is 2.51. The smallest absolute Gasteiger partial charge is 0.254 e. The molecule has 1 rings (SSSR count). The van der Waals surface area contributed by atoms with Gasteiger partial charge in [-0.2, -0.15) is 0 Å². The molecule has 0 radical (unpaired) electrons. The normalized spacial score (nSPS) is 24.0. The third-order valence-electron chi connectivity index (χ3n) is 4.73. The van der Waals surface area contributed by atoms with Gasteiger partial charge in [0.15, 0.2) is 0 Å². The summed E-state index contributed by atoms with van der Waals surface area (Å²) >= 11 is 0. The van der Waals surface area contributed by atoms with E-state index in [-0.39, 0.29) is 19.6 Å². The van der Waals surface area contributed by atoms with E-state index < -0.39 is 27.6 Å². The molecule has 1 aliphatic heterocycles. The molecular weight excluding hydrogens is 424 g/mol. The Morgan fingerprint density at radius 3 is 1.26 bits per heavy atom. The third kappa shape index (κ3) is 7.57. The van der Waals surface area contributed by atoms with E-state index in [0.29, 0.717) is 19.3 Å². The van der Waals surface area contributed by atoms with Crippen LogP contribution in [-0.2, 0) is 0 Å². The van der Waals surface area contributed by atoms with Crippen LogP contribution in [0, 0.1) is 0 Å². The first-order valence-electron chi connectivity index (χ1n) is 9.82. The van der Waals surface area contributed by atoms with Gasteiger partial charge in [0.05, 0.1) is 19.6 Å². The van der Waals surface area contributed by atoms with Gasteiger partial charge in [-0.05, 0) is 38.5 Å². The fourth-order valence-electron chi connectivity index (χ4n) is 3.31. The van der Waals surface area contributed by atoms with Crippen LogP contribution in [0.4, 0.5) is 21.0 Å². The summed E-state index contributed by atoms with van der Waals surface area (Å²) < 4.78 is 79.6. The molecule has 0 N–H and O–H groups in total. The van der Waals surface area contributed by atoms with Gasteiger partial charge >= 0.3 is 23.3 Å². The van der Waals surface area contributed by atoms with Gasteiger partial charge in [0.25, 0.3) is 0 Å². The summed E-state index contributed by atoms with van der Waals surface area (Å²) in [6.45, 7) is 6.65. The number of hydrogen-bond acceptors (Lipinski definition) is 3. The summed E-state index contributed by atoms with van der Waals surface area (Å²) in [5.74, 6) is 0. The first-order valence-corrected chi connectivity index (χ1v) is 14.3. The number of nitrogens with zero attached hydrogens (tertiary/aromatic N) is 4. The van der Waals surface area contributed by atoms with Crippen molar-refractivity contribution in [2.45, 2.75) is 78.6 Å². The van der Waals surface area contributed by atoms with Crippen molar-refractivity contribution in [1.29, 1.82) is 0 Å². The summed E-state index contributed by atoms with van der Waals surface area (Å²) in [4.78, 5) is 0. The number of rotatable bonds is 13. The minimum Gasteiger partial charge on any atom is -0.254 e. The second-order valence-corrected chi connectivity index (χ2v) is 12.9. The molecule has 0 fully saturated rings. The summed E-state index contributed by atoms with van der Waals surface area (Å²) in [6, 6.07) is 0. The standard InChI is InChI=1S/C15H33F5N4P3/c1-4-7-10-13-24(14-11-8-5-2,15-12-9-6-3)27(20)22-25(16,17)21-26(18,19)23-27/h4-15H2,1-3H3/q+1. The second-order valence-electron chi connectivity index (χ2n) is 7.06. The van der Waals surface area contributed by atoms with E-state index in [0.717, 1.165) is 38.5 Å². The van der Waals surface area contributed by atoms with Gasteiger partial charge in [0.2, 0.25) is 0 Å². The zero-order valence-electron chi connectivity index (χ0n) is 16.5. The summed E-state index contributed by atoms with van der Waals surface area (Å²) in [6.07, 6.45) is 6.78. The van der Waals surface area contributed by atoms with Gasteiger partial charge < -0.3 is 0 Å². The molecule has 1 aliphatic rings. The molecule has 1 unspecified atom stereocenters. The van der Waals surface area contributed by atoms with Gasteiger partial charge in [-0.15, -0.1) is 34.5 Å². The van der Waals surface area contributed by atoms with Crippen molar-refractivity contribution in [2.75, 3.05) is 19.6 Å². The lowest BCUT2D eigenvalue weighted by Gasteiger charge is -2.41. The number of quaternary nitrogens is 1. The highest BCUT2D eigenvalue weighted by atomic mass is 31.3. The Kier molecular flexibility index (Phi) is 10.2. The fraction of sp³-hybridized carbons (Fsp3) is 1.00. The Hall–Kier alpha value is 0.300. The lowest BCUT2D eigenvalue weighted by atomic mass is 10.2. The molecule has 0 aromatic rings. The first kappa shape index (κ1) is 25.3. The van der Waals surface area contributed by atoms with Gasteiger partial charge in [0, 0.05) is 0 Å². The van der Waals surface area contributed by atoms with Crippen molar-refractivity contribution in [3.05, 3.63) is 0 Å². The first-order chi connectivity index (χ1) is 12.6. The van der Waals surface area contributed by atoms with Crippen LogP contribution < -0.4 is 0 Å². The molecular formula is C15H33F5N4P3+. The highest BCUT2D eigenvalue weighted by Gasteiger charge is 2.53. The number of hydrogen-bond donors (Lipinski definition) is 0. The van der Waals surface area contributed by atoms with Crippen molar-refractivity contribution in [3.63, 3.8) is 0 Å². The van der Waals surface area contributed by atoms with Crippen molar-refractivity contribution < 1.29 is 25.2 Å². The van der Waals surface area contributed by atoms with E-state index in [1.807, 2.05) is 20.8 Å². The maximum absolute atomic E-state index is 16.0. The zero-order valence-corrected chi connectivity index (χ0v) is 19.2. The Bertz CT molecular complexity index is 595. The minimum absolute atomic E-state index is 0.235. The molecule has 0 spiro atoms. The Morgan fingerprint density at radius 1 is 0.556 bits per heavy atom. The van der Waals surface area contributed by atoms with Crippen LogP contribution in [0.1, 0.15) is 78.6 Å². The quantitative estimate of drug-likeness (QED) is 0.150. The Labute approximate surface area is 160 Å². The van der Waals surface area contributed by atoms with Crippen LogP contribution in [0.5, 0.6) is 0 Å². The molecule has 1 atom stereocenters. The molecule has 0 amide bonds.